The van der Waals surface area contributed by atoms with Crippen LogP contribution >= 0.6 is 11.8 Å². The maximum absolute atomic E-state index is 12.7. The minimum absolute atomic E-state index is 0.0842. The molecule has 164 valence electrons. The van der Waals surface area contributed by atoms with Gasteiger partial charge in [0.1, 0.15) is 5.76 Å². The molecule has 1 saturated heterocycles. The summed E-state index contributed by atoms with van der Waals surface area (Å²) in [5.41, 5.74) is 1.71. The molecule has 1 atom stereocenters. The number of hydrogen-bond donors (Lipinski definition) is 1. The van der Waals surface area contributed by atoms with Crippen molar-refractivity contribution in [1.29, 1.82) is 0 Å². The first-order chi connectivity index (χ1) is 15.7. The summed E-state index contributed by atoms with van der Waals surface area (Å²) in [5, 5.41) is 14.6. The van der Waals surface area contributed by atoms with E-state index >= 15 is 0 Å². The number of furan rings is 1. The maximum Gasteiger partial charge on any atom is 0.234 e. The Bertz CT molecular complexity index is 1240. The van der Waals surface area contributed by atoms with E-state index in [-0.39, 0.29) is 17.8 Å². The zero-order valence-electron chi connectivity index (χ0n) is 17.8. The van der Waals surface area contributed by atoms with E-state index in [1.54, 1.807) is 6.26 Å². The van der Waals surface area contributed by atoms with E-state index in [9.17, 15) is 4.79 Å². The monoisotopic (exact) mass is 448 g/mol. The Balaban J connectivity index is 1.33. The molecule has 1 amide bonds. The third-order valence-electron chi connectivity index (χ3n) is 5.62. The average Bonchev–Trinajstić information content (AvgIpc) is 3.55. The van der Waals surface area contributed by atoms with Gasteiger partial charge in [-0.15, -0.1) is 10.2 Å². The van der Waals surface area contributed by atoms with E-state index < -0.39 is 0 Å². The Hall–Kier alpha value is -3.10. The second-order valence-electron chi connectivity index (χ2n) is 7.81. The molecule has 0 saturated carbocycles. The van der Waals surface area contributed by atoms with E-state index in [1.807, 2.05) is 60.0 Å². The third kappa shape index (κ3) is 4.28. The van der Waals surface area contributed by atoms with Crippen LogP contribution in [0, 0.1) is 6.92 Å². The molecule has 0 bridgehead atoms. The third-order valence-corrected chi connectivity index (χ3v) is 6.59. The highest BCUT2D eigenvalue weighted by molar-refractivity contribution is 7.99. The molecule has 1 aliphatic heterocycles. The fourth-order valence-electron chi connectivity index (χ4n) is 4.02. The minimum atomic E-state index is -0.0842. The molecule has 0 unspecified atom stereocenters. The summed E-state index contributed by atoms with van der Waals surface area (Å²) in [6.45, 7) is 3.34. The van der Waals surface area contributed by atoms with Crippen LogP contribution in [-0.2, 0) is 16.1 Å². The lowest BCUT2D eigenvalue weighted by Crippen LogP contribution is -2.18. The number of amides is 1. The van der Waals surface area contributed by atoms with Gasteiger partial charge >= 0.3 is 0 Å². The van der Waals surface area contributed by atoms with Gasteiger partial charge in [0.15, 0.2) is 11.0 Å². The van der Waals surface area contributed by atoms with Crippen molar-refractivity contribution in [1.82, 2.24) is 14.8 Å². The summed E-state index contributed by atoms with van der Waals surface area (Å²) in [4.78, 5) is 12.7. The van der Waals surface area contributed by atoms with Gasteiger partial charge in [-0.05, 0) is 37.3 Å². The van der Waals surface area contributed by atoms with Gasteiger partial charge in [-0.25, -0.2) is 0 Å². The molecule has 7 nitrogen and oxygen atoms in total. The molecule has 0 spiro atoms. The topological polar surface area (TPSA) is 82.2 Å². The van der Waals surface area contributed by atoms with Crippen molar-refractivity contribution in [3.8, 4) is 11.4 Å². The van der Waals surface area contributed by atoms with E-state index in [0.29, 0.717) is 11.7 Å². The molecule has 0 radical (unpaired) electrons. The van der Waals surface area contributed by atoms with E-state index in [2.05, 4.69) is 15.5 Å². The number of hydrogen-bond acceptors (Lipinski definition) is 6. The maximum atomic E-state index is 12.7. The molecule has 8 heteroatoms. The van der Waals surface area contributed by atoms with E-state index in [0.717, 1.165) is 53.1 Å². The van der Waals surface area contributed by atoms with Gasteiger partial charge in [-0.3, -0.25) is 9.36 Å². The number of benzene rings is 2. The molecule has 0 aliphatic carbocycles. The van der Waals surface area contributed by atoms with Gasteiger partial charge in [0.2, 0.25) is 5.91 Å². The highest BCUT2D eigenvalue weighted by Gasteiger charge is 2.23. The summed E-state index contributed by atoms with van der Waals surface area (Å²) in [6, 6.07) is 15.8. The molecule has 5 rings (SSSR count). The van der Waals surface area contributed by atoms with Crippen molar-refractivity contribution in [2.24, 2.45) is 0 Å². The number of nitrogens with zero attached hydrogens (tertiary/aromatic N) is 3. The van der Waals surface area contributed by atoms with Gasteiger partial charge in [0.05, 0.1) is 30.2 Å². The number of nitrogens with one attached hydrogen (secondary N) is 1. The van der Waals surface area contributed by atoms with E-state index in [4.69, 9.17) is 9.15 Å². The second kappa shape index (κ2) is 9.18. The Morgan fingerprint density at radius 1 is 1.19 bits per heavy atom. The largest absolute Gasteiger partial charge is 0.469 e. The summed E-state index contributed by atoms with van der Waals surface area (Å²) >= 11 is 1.38. The van der Waals surface area contributed by atoms with Gasteiger partial charge in [0.25, 0.3) is 0 Å². The van der Waals surface area contributed by atoms with Gasteiger partial charge in [0, 0.05) is 17.7 Å². The quantitative estimate of drug-likeness (QED) is 0.405. The van der Waals surface area contributed by atoms with Crippen LogP contribution in [0.1, 0.15) is 18.6 Å². The first-order valence-electron chi connectivity index (χ1n) is 10.7. The molecule has 4 aromatic rings. The predicted molar refractivity (Wildman–Crippen MR) is 125 cm³/mol. The Labute approximate surface area is 190 Å². The fourth-order valence-corrected chi connectivity index (χ4v) is 4.77. The molecule has 2 aromatic heterocycles. The van der Waals surface area contributed by atoms with Crippen LogP contribution in [0.25, 0.3) is 22.2 Å². The van der Waals surface area contributed by atoms with Gasteiger partial charge in [-0.1, -0.05) is 48.2 Å². The van der Waals surface area contributed by atoms with E-state index in [1.165, 1.54) is 11.8 Å². The number of thioether (sulfide) groups is 1. The van der Waals surface area contributed by atoms with Crippen molar-refractivity contribution in [3.05, 3.63) is 60.6 Å². The van der Waals surface area contributed by atoms with Crippen molar-refractivity contribution < 1.29 is 13.9 Å². The van der Waals surface area contributed by atoms with Crippen molar-refractivity contribution >= 4 is 34.1 Å². The molecule has 2 aromatic carbocycles. The number of carbonyl (C=O) groups excluding carboxylic acids is 1. The SMILES string of the molecule is Cc1occc1-c1nnc(SCC(=O)Nc2cccc3ccccc23)n1C[C@H]1CCCO1. The number of rotatable bonds is 7. The average molecular weight is 449 g/mol. The van der Waals surface area contributed by atoms with Crippen molar-refractivity contribution in [2.45, 2.75) is 37.6 Å². The lowest BCUT2D eigenvalue weighted by Gasteiger charge is -2.14. The Kier molecular flexibility index (Phi) is 5.96. The first kappa shape index (κ1) is 20.8. The highest BCUT2D eigenvalue weighted by Crippen LogP contribution is 2.29. The fraction of sp³-hybridized carbons (Fsp3) is 0.292. The van der Waals surface area contributed by atoms with Crippen molar-refractivity contribution in [3.63, 3.8) is 0 Å². The summed E-state index contributed by atoms with van der Waals surface area (Å²) in [7, 11) is 0. The zero-order valence-corrected chi connectivity index (χ0v) is 18.6. The standard InChI is InChI=1S/C24H24N4O3S/c1-16-19(11-13-30-16)23-26-27-24(28(23)14-18-8-5-12-31-18)32-15-22(29)25-21-10-4-7-17-6-2-3-9-20(17)21/h2-4,6-7,9-11,13,18H,5,8,12,14-15H2,1H3,(H,25,29)/t18-/m1/s1. The van der Waals surface area contributed by atoms with Gasteiger partial charge in [-0.2, -0.15) is 0 Å². The van der Waals surface area contributed by atoms with Crippen LogP contribution < -0.4 is 5.32 Å². The Morgan fingerprint density at radius 2 is 2.06 bits per heavy atom. The molecular formula is C24H24N4O3S. The molecule has 3 heterocycles. The highest BCUT2D eigenvalue weighted by atomic mass is 32.2. The lowest BCUT2D eigenvalue weighted by atomic mass is 10.1. The zero-order chi connectivity index (χ0) is 21.9. The Morgan fingerprint density at radius 3 is 2.88 bits per heavy atom. The molecule has 1 aliphatic rings. The molecule has 32 heavy (non-hydrogen) atoms. The number of ether oxygens (including phenoxy) is 1. The lowest BCUT2D eigenvalue weighted by molar-refractivity contribution is -0.113. The smallest absolute Gasteiger partial charge is 0.234 e. The molecule has 1 N–H and O–H groups in total. The van der Waals surface area contributed by atoms with Crippen LogP contribution in [0.5, 0.6) is 0 Å². The predicted octanol–water partition coefficient (Wildman–Crippen LogP) is 4.91. The van der Waals surface area contributed by atoms with Crippen LogP contribution in [0.15, 0.2) is 64.4 Å². The second-order valence-corrected chi connectivity index (χ2v) is 8.75. The molecule has 1 fully saturated rings. The number of carbonyl (C=O) groups is 1. The van der Waals surface area contributed by atoms with Crippen LogP contribution in [0.2, 0.25) is 0 Å². The van der Waals surface area contributed by atoms with Crippen LogP contribution in [0.4, 0.5) is 5.69 Å². The number of aryl methyl sites for hydroxylation is 1. The summed E-state index contributed by atoms with van der Waals surface area (Å²) in [6.07, 6.45) is 3.84. The number of anilines is 1. The first-order valence-corrected chi connectivity index (χ1v) is 11.7. The van der Waals surface area contributed by atoms with Crippen LogP contribution in [-0.4, -0.2) is 39.1 Å². The van der Waals surface area contributed by atoms with Gasteiger partial charge < -0.3 is 14.5 Å². The number of fused-ring (bicyclic) bond motifs is 1. The minimum Gasteiger partial charge on any atom is -0.469 e. The number of aromatic nitrogens is 3. The summed E-state index contributed by atoms with van der Waals surface area (Å²) < 4.78 is 13.4. The normalized spacial score (nSPS) is 16.0. The summed E-state index contributed by atoms with van der Waals surface area (Å²) in [5.74, 6) is 1.68. The molecular weight excluding hydrogens is 424 g/mol. The van der Waals surface area contributed by atoms with Crippen LogP contribution in [0.3, 0.4) is 0 Å². The van der Waals surface area contributed by atoms with Crippen molar-refractivity contribution in [2.75, 3.05) is 17.7 Å².